The normalized spacial score (nSPS) is 10.2. The molecule has 0 saturated heterocycles. The van der Waals surface area contributed by atoms with Gasteiger partial charge in [-0.25, -0.2) is 4.98 Å². The van der Waals surface area contributed by atoms with Crippen LogP contribution >= 0.6 is 11.6 Å². The van der Waals surface area contributed by atoms with Gasteiger partial charge in [0.25, 0.3) is 0 Å². The fourth-order valence-corrected chi connectivity index (χ4v) is 1.81. The molecular formula is C14H16ClN3O. The van der Waals surface area contributed by atoms with Crippen molar-refractivity contribution in [1.82, 2.24) is 9.97 Å². The fourth-order valence-electron chi connectivity index (χ4n) is 1.66. The van der Waals surface area contributed by atoms with Crippen molar-refractivity contribution in [2.45, 2.75) is 12.8 Å². The molecule has 2 aromatic rings. The van der Waals surface area contributed by atoms with Crippen LogP contribution in [0.15, 0.2) is 36.5 Å². The third-order valence-corrected chi connectivity index (χ3v) is 2.89. The SMILES string of the molecule is CNc1ncc(Cl)c(OCCCc2ccccc2)n1. The van der Waals surface area contributed by atoms with Crippen LogP contribution < -0.4 is 10.1 Å². The number of rotatable bonds is 6. The lowest BCUT2D eigenvalue weighted by molar-refractivity contribution is 0.299. The van der Waals surface area contributed by atoms with E-state index in [2.05, 4.69) is 27.4 Å². The number of halogens is 1. The minimum Gasteiger partial charge on any atom is -0.476 e. The van der Waals surface area contributed by atoms with Gasteiger partial charge in [-0.15, -0.1) is 0 Å². The molecule has 0 radical (unpaired) electrons. The molecule has 0 spiro atoms. The highest BCUT2D eigenvalue weighted by molar-refractivity contribution is 6.31. The highest BCUT2D eigenvalue weighted by Gasteiger charge is 2.05. The molecule has 19 heavy (non-hydrogen) atoms. The van der Waals surface area contributed by atoms with E-state index in [1.165, 1.54) is 11.8 Å². The maximum atomic E-state index is 5.97. The van der Waals surface area contributed by atoms with Crippen LogP contribution in [0.25, 0.3) is 0 Å². The van der Waals surface area contributed by atoms with Gasteiger partial charge in [-0.1, -0.05) is 41.9 Å². The Labute approximate surface area is 117 Å². The van der Waals surface area contributed by atoms with Gasteiger partial charge in [-0.2, -0.15) is 4.98 Å². The highest BCUT2D eigenvalue weighted by atomic mass is 35.5. The van der Waals surface area contributed by atoms with Crippen molar-refractivity contribution >= 4 is 17.5 Å². The smallest absolute Gasteiger partial charge is 0.237 e. The molecule has 5 heteroatoms. The molecule has 0 saturated carbocycles. The Hall–Kier alpha value is -1.81. The van der Waals surface area contributed by atoms with Gasteiger partial charge in [0.05, 0.1) is 12.8 Å². The van der Waals surface area contributed by atoms with Gasteiger partial charge in [-0.05, 0) is 18.4 Å². The Morgan fingerprint density at radius 1 is 1.26 bits per heavy atom. The molecule has 1 heterocycles. The Balaban J connectivity index is 1.82. The lowest BCUT2D eigenvalue weighted by Crippen LogP contribution is -2.04. The van der Waals surface area contributed by atoms with E-state index in [9.17, 15) is 0 Å². The molecule has 1 aromatic carbocycles. The van der Waals surface area contributed by atoms with Crippen molar-refractivity contribution in [2.24, 2.45) is 0 Å². The Bertz CT molecular complexity index is 519. The molecule has 2 rings (SSSR count). The molecule has 0 unspecified atom stereocenters. The summed E-state index contributed by atoms with van der Waals surface area (Å²) in [7, 11) is 1.75. The number of aryl methyl sites for hydroxylation is 1. The first-order valence-corrected chi connectivity index (χ1v) is 6.54. The largest absolute Gasteiger partial charge is 0.476 e. The van der Waals surface area contributed by atoms with Gasteiger partial charge >= 0.3 is 0 Å². The first-order valence-electron chi connectivity index (χ1n) is 6.16. The number of nitrogens with one attached hydrogen (secondary N) is 1. The molecule has 0 bridgehead atoms. The maximum Gasteiger partial charge on any atom is 0.237 e. The van der Waals surface area contributed by atoms with Gasteiger partial charge < -0.3 is 10.1 Å². The Morgan fingerprint density at radius 3 is 2.79 bits per heavy atom. The summed E-state index contributed by atoms with van der Waals surface area (Å²) in [6.45, 7) is 0.578. The number of nitrogens with zero attached hydrogens (tertiary/aromatic N) is 2. The predicted octanol–water partition coefficient (Wildman–Crippen LogP) is 3.18. The second-order valence-corrected chi connectivity index (χ2v) is 4.44. The molecule has 100 valence electrons. The summed E-state index contributed by atoms with van der Waals surface area (Å²) in [5, 5.41) is 3.28. The molecule has 4 nitrogen and oxygen atoms in total. The van der Waals surface area contributed by atoms with E-state index in [1.54, 1.807) is 7.05 Å². The van der Waals surface area contributed by atoms with Gasteiger partial charge in [0.1, 0.15) is 5.02 Å². The van der Waals surface area contributed by atoms with E-state index in [0.717, 1.165) is 12.8 Å². The third-order valence-electron chi connectivity index (χ3n) is 2.63. The number of hydrogen-bond acceptors (Lipinski definition) is 4. The van der Waals surface area contributed by atoms with Crippen LogP contribution in [0.4, 0.5) is 5.95 Å². The number of ether oxygens (including phenoxy) is 1. The number of benzene rings is 1. The first kappa shape index (κ1) is 13.6. The summed E-state index contributed by atoms with van der Waals surface area (Å²) < 4.78 is 5.58. The lowest BCUT2D eigenvalue weighted by Gasteiger charge is -2.08. The van der Waals surface area contributed by atoms with Gasteiger partial charge in [0, 0.05) is 7.05 Å². The third kappa shape index (κ3) is 4.10. The molecule has 1 N–H and O–H groups in total. The quantitative estimate of drug-likeness (QED) is 0.824. The Kier molecular flexibility index (Phi) is 4.98. The monoisotopic (exact) mass is 277 g/mol. The standard InChI is InChI=1S/C14H16ClN3O/c1-16-14-17-10-12(15)13(18-14)19-9-5-8-11-6-3-2-4-7-11/h2-4,6-7,10H,5,8-9H2,1H3,(H,16,17,18). The molecule has 0 atom stereocenters. The average molecular weight is 278 g/mol. The van der Waals surface area contributed by atoms with E-state index < -0.39 is 0 Å². The second-order valence-electron chi connectivity index (χ2n) is 4.03. The minimum absolute atomic E-state index is 0.425. The van der Waals surface area contributed by atoms with Crippen LogP contribution in [0.5, 0.6) is 5.88 Å². The molecule has 0 fully saturated rings. The van der Waals surface area contributed by atoms with Crippen molar-refractivity contribution in [3.63, 3.8) is 0 Å². The van der Waals surface area contributed by atoms with Crippen molar-refractivity contribution in [3.05, 3.63) is 47.1 Å². The minimum atomic E-state index is 0.425. The maximum absolute atomic E-state index is 5.97. The van der Waals surface area contributed by atoms with Crippen LogP contribution in [0.2, 0.25) is 5.02 Å². The summed E-state index contributed by atoms with van der Waals surface area (Å²) >= 11 is 5.97. The molecule has 0 amide bonds. The van der Waals surface area contributed by atoms with Gasteiger partial charge in [0.2, 0.25) is 11.8 Å². The van der Waals surface area contributed by atoms with E-state index in [4.69, 9.17) is 16.3 Å². The topological polar surface area (TPSA) is 47.0 Å². The van der Waals surface area contributed by atoms with Crippen molar-refractivity contribution in [3.8, 4) is 5.88 Å². The van der Waals surface area contributed by atoms with Crippen molar-refractivity contribution < 1.29 is 4.74 Å². The zero-order valence-corrected chi connectivity index (χ0v) is 11.5. The molecule has 0 aliphatic heterocycles. The van der Waals surface area contributed by atoms with Gasteiger partial charge in [0.15, 0.2) is 0 Å². The summed E-state index contributed by atoms with van der Waals surface area (Å²) in [5.41, 5.74) is 1.30. The number of hydrogen-bond donors (Lipinski definition) is 1. The first-order chi connectivity index (χ1) is 9.29. The molecule has 1 aromatic heterocycles. The number of aromatic nitrogens is 2. The van der Waals surface area contributed by atoms with Crippen LogP contribution in [0.1, 0.15) is 12.0 Å². The van der Waals surface area contributed by atoms with Crippen LogP contribution in [0, 0.1) is 0 Å². The zero-order valence-electron chi connectivity index (χ0n) is 10.8. The number of anilines is 1. The van der Waals surface area contributed by atoms with E-state index in [1.807, 2.05) is 18.2 Å². The van der Waals surface area contributed by atoms with E-state index in [0.29, 0.717) is 23.5 Å². The molecule has 0 aliphatic rings. The van der Waals surface area contributed by atoms with Crippen molar-refractivity contribution in [2.75, 3.05) is 19.0 Å². The summed E-state index contributed by atoms with van der Waals surface area (Å²) in [6, 6.07) is 10.3. The van der Waals surface area contributed by atoms with E-state index in [-0.39, 0.29) is 0 Å². The second kappa shape index (κ2) is 6.95. The molecule has 0 aliphatic carbocycles. The van der Waals surface area contributed by atoms with Crippen LogP contribution in [0.3, 0.4) is 0 Å². The Morgan fingerprint density at radius 2 is 2.05 bits per heavy atom. The van der Waals surface area contributed by atoms with E-state index >= 15 is 0 Å². The lowest BCUT2D eigenvalue weighted by atomic mass is 10.1. The zero-order chi connectivity index (χ0) is 13.5. The highest BCUT2D eigenvalue weighted by Crippen LogP contribution is 2.21. The molecular weight excluding hydrogens is 262 g/mol. The average Bonchev–Trinajstić information content (AvgIpc) is 2.46. The summed E-state index contributed by atoms with van der Waals surface area (Å²) in [6.07, 6.45) is 3.43. The predicted molar refractivity (Wildman–Crippen MR) is 76.8 cm³/mol. The van der Waals surface area contributed by atoms with Crippen LogP contribution in [-0.2, 0) is 6.42 Å². The van der Waals surface area contributed by atoms with Crippen molar-refractivity contribution in [1.29, 1.82) is 0 Å². The summed E-state index contributed by atoms with van der Waals surface area (Å²) in [5.74, 6) is 0.927. The van der Waals surface area contributed by atoms with Crippen LogP contribution in [-0.4, -0.2) is 23.6 Å². The van der Waals surface area contributed by atoms with Gasteiger partial charge in [-0.3, -0.25) is 0 Å². The fraction of sp³-hybridized carbons (Fsp3) is 0.286. The summed E-state index contributed by atoms with van der Waals surface area (Å²) in [4.78, 5) is 8.16.